The number of nitro benzene ring substituents is 2. The molecule has 36 heavy (non-hydrogen) atoms. The van der Waals surface area contributed by atoms with Gasteiger partial charge in [-0.25, -0.2) is 0 Å². The van der Waals surface area contributed by atoms with E-state index in [2.05, 4.69) is 31.2 Å². The highest BCUT2D eigenvalue weighted by molar-refractivity contribution is 6.10. The lowest BCUT2D eigenvalue weighted by Crippen LogP contribution is -2.13. The number of non-ortho nitro benzene ring substituents is 2. The number of nitrogens with zero attached hydrogens (tertiary/aromatic N) is 3. The van der Waals surface area contributed by atoms with Gasteiger partial charge in [0.1, 0.15) is 0 Å². The predicted octanol–water partition coefficient (Wildman–Crippen LogP) is 8.45. The molecule has 1 aliphatic carbocycles. The van der Waals surface area contributed by atoms with Crippen LogP contribution in [0, 0.1) is 26.1 Å². The van der Waals surface area contributed by atoms with Gasteiger partial charge in [0.2, 0.25) is 0 Å². The first kappa shape index (κ1) is 24.0. The number of hydrogen-bond donors (Lipinski definition) is 0. The van der Waals surface area contributed by atoms with Gasteiger partial charge >= 0.3 is 0 Å². The van der Waals surface area contributed by atoms with Crippen molar-refractivity contribution < 1.29 is 9.85 Å². The fourth-order valence-electron chi connectivity index (χ4n) is 5.87. The number of unbranched alkanes of at least 4 members (excludes halogenated alkanes) is 2. The molecule has 1 aromatic heterocycles. The fraction of sp³-hybridized carbons (Fsp3) is 0.379. The van der Waals surface area contributed by atoms with Crippen molar-refractivity contribution in [2.75, 3.05) is 0 Å². The van der Waals surface area contributed by atoms with E-state index in [1.54, 1.807) is 12.1 Å². The van der Waals surface area contributed by atoms with Gasteiger partial charge in [-0.15, -0.1) is 0 Å². The molecule has 3 aromatic carbocycles. The minimum atomic E-state index is -0.437. The second-order valence-electron chi connectivity index (χ2n) is 10.1. The van der Waals surface area contributed by atoms with Gasteiger partial charge in [-0.05, 0) is 67.3 Å². The summed E-state index contributed by atoms with van der Waals surface area (Å²) in [5.41, 5.74) is 3.81. The molecule has 186 valence electrons. The van der Waals surface area contributed by atoms with E-state index < -0.39 is 9.85 Å². The minimum absolute atomic E-state index is 0.0336. The maximum atomic E-state index is 11.4. The quantitative estimate of drug-likeness (QED) is 0.142. The largest absolute Gasteiger partial charge is 0.309 e. The Bertz CT molecular complexity index is 1350. The summed E-state index contributed by atoms with van der Waals surface area (Å²) < 4.78 is 2.03. The average Bonchev–Trinajstić information content (AvgIpc) is 3.22. The van der Waals surface area contributed by atoms with Crippen LogP contribution in [0.2, 0.25) is 0 Å². The Labute approximate surface area is 210 Å². The molecule has 0 spiro atoms. The zero-order valence-electron chi connectivity index (χ0n) is 20.6. The lowest BCUT2D eigenvalue weighted by molar-refractivity contribution is -0.385. The Morgan fingerprint density at radius 1 is 0.778 bits per heavy atom. The van der Waals surface area contributed by atoms with Crippen LogP contribution >= 0.6 is 0 Å². The lowest BCUT2D eigenvalue weighted by Gasteiger charge is -2.29. The normalized spacial score (nSPS) is 18.0. The highest BCUT2D eigenvalue weighted by Crippen LogP contribution is 2.39. The number of hydrogen-bond acceptors (Lipinski definition) is 4. The van der Waals surface area contributed by atoms with Crippen LogP contribution in [0.5, 0.6) is 0 Å². The number of benzene rings is 3. The van der Waals surface area contributed by atoms with E-state index in [1.165, 1.54) is 81.2 Å². The van der Waals surface area contributed by atoms with Crippen LogP contribution in [0.1, 0.15) is 69.8 Å². The van der Waals surface area contributed by atoms with Crippen molar-refractivity contribution >= 4 is 33.2 Å². The van der Waals surface area contributed by atoms with E-state index in [0.717, 1.165) is 22.6 Å². The summed E-state index contributed by atoms with van der Waals surface area (Å²) in [4.78, 5) is 21.9. The van der Waals surface area contributed by atoms with Crippen molar-refractivity contribution in [3.8, 4) is 5.69 Å². The second kappa shape index (κ2) is 10.1. The second-order valence-corrected chi connectivity index (χ2v) is 10.1. The van der Waals surface area contributed by atoms with E-state index in [4.69, 9.17) is 0 Å². The first-order valence-corrected chi connectivity index (χ1v) is 12.9. The molecule has 0 bridgehead atoms. The van der Waals surface area contributed by atoms with Crippen molar-refractivity contribution in [3.63, 3.8) is 0 Å². The predicted molar refractivity (Wildman–Crippen MR) is 143 cm³/mol. The number of nitro groups is 2. The summed E-state index contributed by atoms with van der Waals surface area (Å²) in [7, 11) is 0. The van der Waals surface area contributed by atoms with Gasteiger partial charge in [0.25, 0.3) is 11.4 Å². The van der Waals surface area contributed by atoms with Crippen molar-refractivity contribution in [3.05, 3.63) is 86.5 Å². The van der Waals surface area contributed by atoms with Crippen LogP contribution in [0.3, 0.4) is 0 Å². The Hall–Kier alpha value is -3.74. The van der Waals surface area contributed by atoms with E-state index in [0.29, 0.717) is 16.7 Å². The minimum Gasteiger partial charge on any atom is -0.309 e. The van der Waals surface area contributed by atoms with Crippen molar-refractivity contribution in [1.29, 1.82) is 0 Å². The molecule has 1 fully saturated rings. The SMILES string of the molecule is CCCCCC1CCC(c2ccc(-n3c4ccc([N+](=O)[O-])cc4c4cc([N+](=O)[O-])ccc43)cc2)CC1. The van der Waals surface area contributed by atoms with E-state index >= 15 is 0 Å². The van der Waals surface area contributed by atoms with E-state index in [-0.39, 0.29) is 11.4 Å². The van der Waals surface area contributed by atoms with Crippen LogP contribution in [0.25, 0.3) is 27.5 Å². The van der Waals surface area contributed by atoms with Gasteiger partial charge in [-0.1, -0.05) is 44.7 Å². The van der Waals surface area contributed by atoms with E-state index in [1.807, 2.05) is 4.57 Å². The molecule has 0 unspecified atom stereocenters. The Morgan fingerprint density at radius 3 is 1.83 bits per heavy atom. The van der Waals surface area contributed by atoms with Gasteiger partial charge in [0.05, 0.1) is 20.9 Å². The van der Waals surface area contributed by atoms with Crippen LogP contribution < -0.4 is 0 Å². The maximum Gasteiger partial charge on any atom is 0.270 e. The molecule has 1 saturated carbocycles. The third-order valence-corrected chi connectivity index (χ3v) is 7.84. The van der Waals surface area contributed by atoms with Crippen LogP contribution in [-0.4, -0.2) is 14.4 Å². The van der Waals surface area contributed by atoms with Gasteiger partial charge < -0.3 is 4.57 Å². The first-order chi connectivity index (χ1) is 17.5. The Balaban J connectivity index is 1.47. The molecule has 4 aromatic rings. The molecule has 0 amide bonds. The molecular formula is C29H31N3O4. The van der Waals surface area contributed by atoms with Crippen molar-refractivity contribution in [2.45, 2.75) is 64.2 Å². The number of aromatic nitrogens is 1. The monoisotopic (exact) mass is 485 g/mol. The zero-order chi connectivity index (χ0) is 25.2. The number of fused-ring (bicyclic) bond motifs is 3. The standard InChI is InChI=1S/C29H31N3O4/c1-2-3-4-5-20-6-8-21(9-7-20)22-10-12-23(13-11-22)30-28-16-14-24(31(33)34)18-26(28)27-19-25(32(35)36)15-17-29(27)30/h10-21H,2-9H2,1H3. The summed E-state index contributed by atoms with van der Waals surface area (Å²) in [5, 5.41) is 24.1. The van der Waals surface area contributed by atoms with Gasteiger partial charge in [-0.2, -0.15) is 0 Å². The summed E-state index contributed by atoms with van der Waals surface area (Å²) in [5.74, 6) is 1.46. The smallest absolute Gasteiger partial charge is 0.270 e. The van der Waals surface area contributed by atoms with Gasteiger partial charge in [0.15, 0.2) is 0 Å². The van der Waals surface area contributed by atoms with E-state index in [9.17, 15) is 20.2 Å². The van der Waals surface area contributed by atoms with Crippen LogP contribution in [-0.2, 0) is 0 Å². The maximum absolute atomic E-state index is 11.4. The van der Waals surface area contributed by atoms with Gasteiger partial charge in [-0.3, -0.25) is 20.2 Å². The third-order valence-electron chi connectivity index (χ3n) is 7.84. The fourth-order valence-corrected chi connectivity index (χ4v) is 5.87. The molecule has 0 radical (unpaired) electrons. The Kier molecular flexibility index (Phi) is 6.72. The number of rotatable bonds is 8. The molecule has 0 aliphatic heterocycles. The highest BCUT2D eigenvalue weighted by atomic mass is 16.6. The molecule has 5 rings (SSSR count). The summed E-state index contributed by atoms with van der Waals surface area (Å²) in [6.07, 6.45) is 10.4. The van der Waals surface area contributed by atoms with Gasteiger partial charge in [0, 0.05) is 40.7 Å². The molecule has 1 aliphatic rings. The molecule has 7 heteroatoms. The summed E-state index contributed by atoms with van der Waals surface area (Å²) in [6, 6.07) is 18.0. The molecule has 7 nitrogen and oxygen atoms in total. The first-order valence-electron chi connectivity index (χ1n) is 12.9. The average molecular weight is 486 g/mol. The molecule has 0 N–H and O–H groups in total. The Morgan fingerprint density at radius 2 is 1.33 bits per heavy atom. The van der Waals surface area contributed by atoms with Crippen LogP contribution in [0.15, 0.2) is 60.7 Å². The molecule has 1 heterocycles. The highest BCUT2D eigenvalue weighted by Gasteiger charge is 2.23. The molecule has 0 atom stereocenters. The topological polar surface area (TPSA) is 91.2 Å². The molecular weight excluding hydrogens is 454 g/mol. The van der Waals surface area contributed by atoms with Crippen LogP contribution in [0.4, 0.5) is 11.4 Å². The summed E-state index contributed by atoms with van der Waals surface area (Å²) in [6.45, 7) is 2.26. The third kappa shape index (κ3) is 4.57. The zero-order valence-corrected chi connectivity index (χ0v) is 20.6. The van der Waals surface area contributed by atoms with Crippen molar-refractivity contribution in [2.24, 2.45) is 5.92 Å². The summed E-state index contributed by atoms with van der Waals surface area (Å²) >= 11 is 0. The lowest BCUT2D eigenvalue weighted by atomic mass is 9.77. The van der Waals surface area contributed by atoms with Crippen molar-refractivity contribution in [1.82, 2.24) is 4.57 Å². The molecule has 0 saturated heterocycles.